The van der Waals surface area contributed by atoms with Gasteiger partial charge in [0.05, 0.1) is 25.4 Å². The van der Waals surface area contributed by atoms with Crippen LogP contribution < -0.4 is 0 Å². The third kappa shape index (κ3) is 4.89. The first-order chi connectivity index (χ1) is 17.2. The molecule has 6 nitrogen and oxygen atoms in total. The van der Waals surface area contributed by atoms with Crippen LogP contribution >= 0.6 is 0 Å². The Kier molecular flexibility index (Phi) is 8.09. The van der Waals surface area contributed by atoms with E-state index in [0.717, 1.165) is 65.0 Å². The number of ether oxygens (including phenoxy) is 2. The molecule has 10 atom stereocenters. The number of hydrogen-bond donors (Lipinski definition) is 2. The van der Waals surface area contributed by atoms with Gasteiger partial charge in [-0.15, -0.1) is 0 Å². The number of aliphatic hydroxyl groups is 2. The molecule has 6 heteroatoms. The number of carbonyl (C=O) groups is 1. The molecule has 4 aliphatic carbocycles. The normalized spacial score (nSPS) is 45.9. The van der Waals surface area contributed by atoms with Gasteiger partial charge < -0.3 is 19.7 Å². The third-order valence-electron chi connectivity index (χ3n) is 12.1. The Balaban J connectivity index is 1.16. The SMILES string of the molecule is C[C@H](CCC(=O)OCCN1CCOCC1)[C@H]1CC[C@H]2[C@@H]3CC[C@@H]4C[C@H](O)CC[C@]4(C)[C@H]3C[C@H](O)[C@]12C. The second kappa shape index (κ2) is 10.8. The summed E-state index contributed by atoms with van der Waals surface area (Å²) in [5.74, 6) is 3.30. The Hall–Kier alpha value is -0.690. The van der Waals surface area contributed by atoms with Crippen molar-refractivity contribution in [1.82, 2.24) is 4.90 Å². The summed E-state index contributed by atoms with van der Waals surface area (Å²) in [6, 6.07) is 0. The van der Waals surface area contributed by atoms with E-state index in [9.17, 15) is 15.0 Å². The molecule has 206 valence electrons. The molecule has 5 aliphatic rings. The highest BCUT2D eigenvalue weighted by atomic mass is 16.5. The zero-order chi connectivity index (χ0) is 25.5. The van der Waals surface area contributed by atoms with Crippen molar-refractivity contribution in [2.45, 2.75) is 97.2 Å². The predicted octanol–water partition coefficient (Wildman–Crippen LogP) is 4.27. The molecule has 0 aromatic carbocycles. The Labute approximate surface area is 218 Å². The summed E-state index contributed by atoms with van der Waals surface area (Å²) < 4.78 is 10.9. The average Bonchev–Trinajstić information content (AvgIpc) is 3.23. The lowest BCUT2D eigenvalue weighted by Crippen LogP contribution is -2.58. The van der Waals surface area contributed by atoms with Gasteiger partial charge in [0.25, 0.3) is 0 Å². The lowest BCUT2D eigenvalue weighted by molar-refractivity contribution is -0.175. The van der Waals surface area contributed by atoms with E-state index in [4.69, 9.17) is 9.47 Å². The molecule has 1 aliphatic heterocycles. The van der Waals surface area contributed by atoms with Crippen LogP contribution in [0.3, 0.4) is 0 Å². The van der Waals surface area contributed by atoms with Crippen LogP contribution in [0.15, 0.2) is 0 Å². The molecule has 0 radical (unpaired) electrons. The molecule has 1 saturated heterocycles. The van der Waals surface area contributed by atoms with Gasteiger partial charge in [-0.05, 0) is 104 Å². The average molecular weight is 506 g/mol. The van der Waals surface area contributed by atoms with E-state index in [1.165, 1.54) is 25.7 Å². The largest absolute Gasteiger partial charge is 0.464 e. The van der Waals surface area contributed by atoms with Gasteiger partial charge in [0.1, 0.15) is 6.61 Å². The molecular formula is C30H51NO5. The van der Waals surface area contributed by atoms with E-state index in [1.807, 2.05) is 0 Å². The van der Waals surface area contributed by atoms with Crippen LogP contribution in [0.1, 0.15) is 85.0 Å². The maximum atomic E-state index is 12.5. The number of morpholine rings is 1. The summed E-state index contributed by atoms with van der Waals surface area (Å²) in [6.45, 7) is 11.8. The molecule has 2 N–H and O–H groups in total. The molecule has 0 aromatic rings. The van der Waals surface area contributed by atoms with E-state index in [0.29, 0.717) is 48.5 Å². The Bertz CT molecular complexity index is 770. The zero-order valence-electron chi connectivity index (χ0n) is 23.0. The Morgan fingerprint density at radius 3 is 2.61 bits per heavy atom. The first kappa shape index (κ1) is 26.9. The lowest BCUT2D eigenvalue weighted by atomic mass is 9.43. The fourth-order valence-electron chi connectivity index (χ4n) is 9.89. The Morgan fingerprint density at radius 1 is 1.06 bits per heavy atom. The molecule has 0 amide bonds. The second-order valence-electron chi connectivity index (χ2n) is 13.6. The van der Waals surface area contributed by atoms with Gasteiger partial charge in [-0.2, -0.15) is 0 Å². The fraction of sp³-hybridized carbons (Fsp3) is 0.967. The zero-order valence-corrected chi connectivity index (χ0v) is 23.0. The maximum Gasteiger partial charge on any atom is 0.305 e. The number of hydrogen-bond acceptors (Lipinski definition) is 6. The number of aliphatic hydroxyl groups excluding tert-OH is 2. The Morgan fingerprint density at radius 2 is 1.83 bits per heavy atom. The lowest BCUT2D eigenvalue weighted by Gasteiger charge is -2.62. The molecule has 0 aromatic heterocycles. The standard InChI is InChI=1S/C30H51NO5/c1-20(4-9-28(34)36-17-14-31-12-15-35-16-13-31)24-7-8-25-23-6-5-21-18-22(32)10-11-29(21,2)26(23)19-27(33)30(24,25)3/h20-27,32-33H,4-19H2,1-3H3/t20-,21-,22-,23+,24-,25+,26+,27+,29+,30-/m1/s1. The minimum Gasteiger partial charge on any atom is -0.464 e. The third-order valence-corrected chi connectivity index (χ3v) is 12.1. The number of rotatable bonds is 7. The first-order valence-corrected chi connectivity index (χ1v) is 15.0. The van der Waals surface area contributed by atoms with Crippen LogP contribution in [0.4, 0.5) is 0 Å². The molecule has 0 spiro atoms. The van der Waals surface area contributed by atoms with E-state index in [1.54, 1.807) is 0 Å². The summed E-state index contributed by atoms with van der Waals surface area (Å²) in [5.41, 5.74) is 0.233. The maximum absolute atomic E-state index is 12.5. The molecular weight excluding hydrogens is 454 g/mol. The van der Waals surface area contributed by atoms with Gasteiger partial charge in [0.15, 0.2) is 0 Å². The van der Waals surface area contributed by atoms with Crippen LogP contribution in [0.25, 0.3) is 0 Å². The van der Waals surface area contributed by atoms with Crippen molar-refractivity contribution in [3.8, 4) is 0 Å². The van der Waals surface area contributed by atoms with Crippen molar-refractivity contribution in [2.75, 3.05) is 39.5 Å². The number of fused-ring (bicyclic) bond motifs is 5. The van der Waals surface area contributed by atoms with E-state index in [-0.39, 0.29) is 29.0 Å². The topological polar surface area (TPSA) is 79.2 Å². The van der Waals surface area contributed by atoms with E-state index >= 15 is 0 Å². The summed E-state index contributed by atoms with van der Waals surface area (Å²) in [7, 11) is 0. The van der Waals surface area contributed by atoms with Crippen molar-refractivity contribution in [2.24, 2.45) is 46.3 Å². The minimum atomic E-state index is -0.262. The van der Waals surface area contributed by atoms with Crippen LogP contribution in [0.2, 0.25) is 0 Å². The quantitative estimate of drug-likeness (QED) is 0.503. The fourth-order valence-corrected chi connectivity index (χ4v) is 9.89. The highest BCUT2D eigenvalue weighted by Gasteiger charge is 2.63. The highest BCUT2D eigenvalue weighted by Crippen LogP contribution is 2.68. The minimum absolute atomic E-state index is 0.0435. The van der Waals surface area contributed by atoms with Gasteiger partial charge in [-0.1, -0.05) is 20.8 Å². The highest BCUT2D eigenvalue weighted by molar-refractivity contribution is 5.69. The summed E-state index contributed by atoms with van der Waals surface area (Å²) in [4.78, 5) is 14.8. The van der Waals surface area contributed by atoms with Crippen LogP contribution in [0, 0.1) is 46.3 Å². The predicted molar refractivity (Wildman–Crippen MR) is 139 cm³/mol. The molecule has 0 bridgehead atoms. The van der Waals surface area contributed by atoms with Crippen LogP contribution in [-0.2, 0) is 14.3 Å². The van der Waals surface area contributed by atoms with Crippen molar-refractivity contribution < 1.29 is 24.5 Å². The van der Waals surface area contributed by atoms with Crippen LogP contribution in [-0.4, -0.2) is 72.7 Å². The smallest absolute Gasteiger partial charge is 0.305 e. The molecule has 1 heterocycles. The molecule has 5 fully saturated rings. The van der Waals surface area contributed by atoms with Crippen molar-refractivity contribution in [3.05, 3.63) is 0 Å². The second-order valence-corrected chi connectivity index (χ2v) is 13.6. The van der Waals surface area contributed by atoms with Crippen LogP contribution in [0.5, 0.6) is 0 Å². The van der Waals surface area contributed by atoms with Gasteiger partial charge >= 0.3 is 5.97 Å². The number of nitrogens with zero attached hydrogens (tertiary/aromatic N) is 1. The molecule has 5 rings (SSSR count). The molecule has 36 heavy (non-hydrogen) atoms. The van der Waals surface area contributed by atoms with E-state index in [2.05, 4.69) is 25.7 Å². The monoisotopic (exact) mass is 505 g/mol. The van der Waals surface area contributed by atoms with Crippen molar-refractivity contribution in [3.63, 3.8) is 0 Å². The number of carbonyl (C=O) groups excluding carboxylic acids is 1. The van der Waals surface area contributed by atoms with Crippen molar-refractivity contribution >= 4 is 5.97 Å². The van der Waals surface area contributed by atoms with Gasteiger partial charge in [-0.25, -0.2) is 0 Å². The number of esters is 1. The summed E-state index contributed by atoms with van der Waals surface area (Å²) in [6.07, 6.45) is 9.77. The molecule has 4 saturated carbocycles. The van der Waals surface area contributed by atoms with E-state index < -0.39 is 0 Å². The van der Waals surface area contributed by atoms with Gasteiger partial charge in [0, 0.05) is 26.1 Å². The summed E-state index contributed by atoms with van der Waals surface area (Å²) in [5, 5.41) is 22.0. The molecule has 0 unspecified atom stereocenters. The van der Waals surface area contributed by atoms with Gasteiger partial charge in [0.2, 0.25) is 0 Å². The summed E-state index contributed by atoms with van der Waals surface area (Å²) >= 11 is 0. The van der Waals surface area contributed by atoms with Crippen molar-refractivity contribution in [1.29, 1.82) is 0 Å². The first-order valence-electron chi connectivity index (χ1n) is 15.0. The van der Waals surface area contributed by atoms with Gasteiger partial charge in [-0.3, -0.25) is 9.69 Å².